The van der Waals surface area contributed by atoms with Gasteiger partial charge in [-0.1, -0.05) is 11.6 Å². The molecular formula is C13H11ClN2O2S2. The van der Waals surface area contributed by atoms with Crippen LogP contribution in [-0.4, -0.2) is 8.42 Å². The van der Waals surface area contributed by atoms with Crippen LogP contribution in [0.5, 0.6) is 0 Å². The molecule has 1 aromatic heterocycles. The topological polar surface area (TPSA) is 70.0 Å². The fourth-order valence-corrected chi connectivity index (χ4v) is 3.98. The van der Waals surface area contributed by atoms with E-state index < -0.39 is 10.0 Å². The highest BCUT2D eigenvalue weighted by molar-refractivity contribution is 7.89. The van der Waals surface area contributed by atoms with Gasteiger partial charge < -0.3 is 0 Å². The van der Waals surface area contributed by atoms with Crippen molar-refractivity contribution in [3.05, 3.63) is 50.7 Å². The summed E-state index contributed by atoms with van der Waals surface area (Å²) in [6.07, 6.45) is 0. The van der Waals surface area contributed by atoms with Crippen LogP contribution in [0.1, 0.15) is 16.7 Å². The van der Waals surface area contributed by atoms with Crippen molar-refractivity contribution in [3.63, 3.8) is 0 Å². The van der Waals surface area contributed by atoms with Crippen LogP contribution in [0.2, 0.25) is 5.02 Å². The molecule has 0 bridgehead atoms. The van der Waals surface area contributed by atoms with Gasteiger partial charge in [0.1, 0.15) is 4.90 Å². The van der Waals surface area contributed by atoms with E-state index in [1.165, 1.54) is 29.5 Å². The van der Waals surface area contributed by atoms with Crippen molar-refractivity contribution in [2.24, 2.45) is 0 Å². The first kappa shape index (κ1) is 15.0. The molecule has 1 N–H and O–H groups in total. The maximum Gasteiger partial charge on any atom is 0.242 e. The SMILES string of the molecule is Cc1cscc1CNS(=O)(=O)c1cc(C#N)ccc1Cl. The quantitative estimate of drug-likeness (QED) is 0.938. The molecule has 20 heavy (non-hydrogen) atoms. The number of nitrogens with zero attached hydrogens (tertiary/aromatic N) is 1. The van der Waals surface area contributed by atoms with Gasteiger partial charge >= 0.3 is 0 Å². The van der Waals surface area contributed by atoms with Crippen LogP contribution in [0.25, 0.3) is 0 Å². The summed E-state index contributed by atoms with van der Waals surface area (Å²) in [5, 5.41) is 12.8. The van der Waals surface area contributed by atoms with Gasteiger partial charge in [0.15, 0.2) is 0 Å². The lowest BCUT2D eigenvalue weighted by atomic mass is 10.2. The number of sulfonamides is 1. The van der Waals surface area contributed by atoms with E-state index in [1.54, 1.807) is 0 Å². The van der Waals surface area contributed by atoms with Crippen LogP contribution in [0.4, 0.5) is 0 Å². The molecule has 0 saturated heterocycles. The predicted molar refractivity (Wildman–Crippen MR) is 79.2 cm³/mol. The molecule has 7 heteroatoms. The molecule has 4 nitrogen and oxygen atoms in total. The van der Waals surface area contributed by atoms with E-state index in [0.717, 1.165) is 11.1 Å². The summed E-state index contributed by atoms with van der Waals surface area (Å²) >= 11 is 7.42. The molecule has 2 aromatic rings. The highest BCUT2D eigenvalue weighted by atomic mass is 35.5. The summed E-state index contributed by atoms with van der Waals surface area (Å²) < 4.78 is 26.9. The molecule has 1 heterocycles. The molecule has 0 aliphatic carbocycles. The zero-order valence-electron chi connectivity index (χ0n) is 10.6. The number of hydrogen-bond donors (Lipinski definition) is 1. The third-order valence-electron chi connectivity index (χ3n) is 2.76. The Kier molecular flexibility index (Phi) is 4.45. The number of rotatable bonds is 4. The summed E-state index contributed by atoms with van der Waals surface area (Å²) in [4.78, 5) is -0.0777. The van der Waals surface area contributed by atoms with Crippen LogP contribution in [0.3, 0.4) is 0 Å². The van der Waals surface area contributed by atoms with E-state index in [9.17, 15) is 8.42 Å². The third-order valence-corrected chi connectivity index (χ3v) is 5.56. The Hall–Kier alpha value is -1.39. The van der Waals surface area contributed by atoms with Crippen molar-refractivity contribution < 1.29 is 8.42 Å². The summed E-state index contributed by atoms with van der Waals surface area (Å²) in [5.74, 6) is 0. The minimum Gasteiger partial charge on any atom is -0.207 e. The molecule has 0 fully saturated rings. The van der Waals surface area contributed by atoms with Crippen LogP contribution in [0, 0.1) is 18.3 Å². The monoisotopic (exact) mass is 326 g/mol. The molecule has 0 amide bonds. The molecule has 0 saturated carbocycles. The summed E-state index contributed by atoms with van der Waals surface area (Å²) in [6, 6.07) is 6.05. The molecule has 0 unspecified atom stereocenters. The van der Waals surface area contributed by atoms with E-state index in [4.69, 9.17) is 16.9 Å². The van der Waals surface area contributed by atoms with Gasteiger partial charge in [-0.3, -0.25) is 0 Å². The van der Waals surface area contributed by atoms with E-state index >= 15 is 0 Å². The highest BCUT2D eigenvalue weighted by Gasteiger charge is 2.18. The van der Waals surface area contributed by atoms with Crippen molar-refractivity contribution in [1.29, 1.82) is 5.26 Å². The Morgan fingerprint density at radius 2 is 2.15 bits per heavy atom. The van der Waals surface area contributed by atoms with Crippen molar-refractivity contribution in [2.45, 2.75) is 18.4 Å². The molecule has 0 atom stereocenters. The summed E-state index contributed by atoms with van der Waals surface area (Å²) in [7, 11) is -3.74. The normalized spacial score (nSPS) is 11.2. The van der Waals surface area contributed by atoms with Crippen molar-refractivity contribution in [1.82, 2.24) is 4.72 Å². The van der Waals surface area contributed by atoms with E-state index in [0.29, 0.717) is 0 Å². The van der Waals surface area contributed by atoms with Crippen LogP contribution >= 0.6 is 22.9 Å². The second-order valence-corrected chi connectivity index (χ2v) is 7.05. The smallest absolute Gasteiger partial charge is 0.207 e. The van der Waals surface area contributed by atoms with Crippen LogP contribution in [0.15, 0.2) is 33.9 Å². The summed E-state index contributed by atoms with van der Waals surface area (Å²) in [6.45, 7) is 2.12. The minimum absolute atomic E-state index is 0.0777. The molecule has 2 rings (SSSR count). The molecule has 0 spiro atoms. The maximum absolute atomic E-state index is 12.2. The van der Waals surface area contributed by atoms with Gasteiger partial charge in [-0.2, -0.15) is 16.6 Å². The maximum atomic E-state index is 12.2. The third kappa shape index (κ3) is 3.19. The van der Waals surface area contributed by atoms with Gasteiger partial charge in [-0.15, -0.1) is 0 Å². The Bertz CT molecular complexity index is 776. The fourth-order valence-electron chi connectivity index (χ4n) is 1.60. The van der Waals surface area contributed by atoms with E-state index in [2.05, 4.69) is 4.72 Å². The molecular weight excluding hydrogens is 316 g/mol. The molecule has 0 radical (unpaired) electrons. The second kappa shape index (κ2) is 5.94. The first-order valence-electron chi connectivity index (χ1n) is 5.65. The number of hydrogen-bond acceptors (Lipinski definition) is 4. The van der Waals surface area contributed by atoms with Gasteiger partial charge in [-0.05, 0) is 47.0 Å². The second-order valence-electron chi connectivity index (χ2n) is 4.16. The first-order chi connectivity index (χ1) is 9.44. The number of aryl methyl sites for hydroxylation is 1. The average molecular weight is 327 g/mol. The minimum atomic E-state index is -3.74. The number of nitriles is 1. The molecule has 0 aliphatic rings. The van der Waals surface area contributed by atoms with Crippen LogP contribution < -0.4 is 4.72 Å². The first-order valence-corrected chi connectivity index (χ1v) is 8.45. The lowest BCUT2D eigenvalue weighted by molar-refractivity contribution is 0.581. The molecule has 1 aromatic carbocycles. The van der Waals surface area contributed by atoms with Crippen molar-refractivity contribution in [2.75, 3.05) is 0 Å². The fraction of sp³-hybridized carbons (Fsp3) is 0.154. The van der Waals surface area contributed by atoms with Gasteiger partial charge in [0.2, 0.25) is 10.0 Å². The average Bonchev–Trinajstić information content (AvgIpc) is 2.82. The van der Waals surface area contributed by atoms with Crippen LogP contribution in [-0.2, 0) is 16.6 Å². The van der Waals surface area contributed by atoms with Gasteiger partial charge in [0.25, 0.3) is 0 Å². The van der Waals surface area contributed by atoms with E-state index in [1.807, 2.05) is 23.8 Å². The molecule has 104 valence electrons. The lowest BCUT2D eigenvalue weighted by Gasteiger charge is -2.08. The van der Waals surface area contributed by atoms with Crippen molar-refractivity contribution >= 4 is 33.0 Å². The number of benzene rings is 1. The molecule has 0 aliphatic heterocycles. The lowest BCUT2D eigenvalue weighted by Crippen LogP contribution is -2.23. The Morgan fingerprint density at radius 3 is 2.75 bits per heavy atom. The largest absolute Gasteiger partial charge is 0.242 e. The number of halogens is 1. The van der Waals surface area contributed by atoms with Crippen molar-refractivity contribution in [3.8, 4) is 6.07 Å². The number of nitrogens with one attached hydrogen (secondary N) is 1. The zero-order valence-corrected chi connectivity index (χ0v) is 12.9. The zero-order chi connectivity index (χ0) is 14.8. The standard InChI is InChI=1S/C13H11ClN2O2S2/c1-9-7-19-8-11(9)6-16-20(17,18)13-4-10(5-15)2-3-12(13)14/h2-4,7-8,16H,6H2,1H3. The summed E-state index contributed by atoms with van der Waals surface area (Å²) in [5.41, 5.74) is 2.21. The number of thiophene rings is 1. The van der Waals surface area contributed by atoms with Gasteiger partial charge in [0, 0.05) is 6.54 Å². The Balaban J connectivity index is 2.27. The highest BCUT2D eigenvalue weighted by Crippen LogP contribution is 2.23. The predicted octanol–water partition coefficient (Wildman–Crippen LogP) is 3.06. The van der Waals surface area contributed by atoms with E-state index in [-0.39, 0.29) is 22.0 Å². The van der Waals surface area contributed by atoms with Gasteiger partial charge in [-0.25, -0.2) is 13.1 Å². The van der Waals surface area contributed by atoms with Gasteiger partial charge in [0.05, 0.1) is 16.7 Å². The Labute approximate surface area is 126 Å². The Morgan fingerprint density at radius 1 is 1.40 bits per heavy atom.